The molecular formula is C56H38N2O2. The van der Waals surface area contributed by atoms with Crippen LogP contribution >= 0.6 is 0 Å². The van der Waals surface area contributed by atoms with Crippen LogP contribution in [0.4, 0.5) is 34.1 Å². The smallest absolute Gasteiger partial charge is 0.159 e. The average Bonchev–Trinajstić information content (AvgIpc) is 3.87. The number of para-hydroxylation sites is 4. The summed E-state index contributed by atoms with van der Waals surface area (Å²) in [6, 6.07) is 69.6. The average molecular weight is 771 g/mol. The van der Waals surface area contributed by atoms with Crippen molar-refractivity contribution in [1.82, 2.24) is 0 Å². The third-order valence-corrected chi connectivity index (χ3v) is 12.1. The first-order valence-electron chi connectivity index (χ1n) is 20.5. The molecular weight excluding hydrogens is 733 g/mol. The SMILES string of the molecule is Cc1cccc(N(c2cc3c4ccccc4c(N(c4cccc(C)c4)c4cccc5c4oc4ccccc45)cc3c3ccccc23)c2cccc3c2oc2ccccc23)c1. The summed E-state index contributed by atoms with van der Waals surface area (Å²) in [5, 5.41) is 11.4. The van der Waals surface area contributed by atoms with E-state index >= 15 is 0 Å². The molecule has 60 heavy (non-hydrogen) atoms. The van der Waals surface area contributed by atoms with Crippen LogP contribution in [0.2, 0.25) is 0 Å². The maximum atomic E-state index is 6.74. The van der Waals surface area contributed by atoms with E-state index in [1.165, 1.54) is 21.9 Å². The van der Waals surface area contributed by atoms with E-state index in [0.717, 1.165) is 99.5 Å². The van der Waals surface area contributed by atoms with Gasteiger partial charge in [0.1, 0.15) is 11.2 Å². The second kappa shape index (κ2) is 13.4. The van der Waals surface area contributed by atoms with Gasteiger partial charge in [-0.2, -0.15) is 0 Å². The van der Waals surface area contributed by atoms with Crippen LogP contribution < -0.4 is 9.80 Å². The number of anilines is 6. The van der Waals surface area contributed by atoms with Gasteiger partial charge in [0.25, 0.3) is 0 Å². The highest BCUT2D eigenvalue weighted by Gasteiger charge is 2.26. The molecule has 12 rings (SSSR count). The molecule has 0 saturated carbocycles. The van der Waals surface area contributed by atoms with Gasteiger partial charge in [-0.3, -0.25) is 0 Å². The molecule has 0 atom stereocenters. The summed E-state index contributed by atoms with van der Waals surface area (Å²) in [6.07, 6.45) is 0. The van der Waals surface area contributed by atoms with E-state index in [-0.39, 0.29) is 0 Å². The first kappa shape index (κ1) is 34.2. The van der Waals surface area contributed by atoms with Crippen LogP contribution in [0.25, 0.3) is 76.2 Å². The second-order valence-electron chi connectivity index (χ2n) is 15.8. The van der Waals surface area contributed by atoms with Crippen LogP contribution in [0.3, 0.4) is 0 Å². The highest BCUT2D eigenvalue weighted by molar-refractivity contribution is 6.25. The van der Waals surface area contributed by atoms with Gasteiger partial charge in [0, 0.05) is 43.7 Å². The Morgan fingerprint density at radius 1 is 0.283 bits per heavy atom. The van der Waals surface area contributed by atoms with Crippen molar-refractivity contribution in [2.24, 2.45) is 0 Å². The minimum absolute atomic E-state index is 0.859. The van der Waals surface area contributed by atoms with Crippen LogP contribution in [0.5, 0.6) is 0 Å². The van der Waals surface area contributed by atoms with Gasteiger partial charge < -0.3 is 18.6 Å². The molecule has 12 aromatic rings. The third-order valence-electron chi connectivity index (χ3n) is 12.1. The lowest BCUT2D eigenvalue weighted by atomic mass is 9.93. The number of hydrogen-bond acceptors (Lipinski definition) is 4. The Morgan fingerprint density at radius 2 is 0.650 bits per heavy atom. The van der Waals surface area contributed by atoms with Gasteiger partial charge >= 0.3 is 0 Å². The van der Waals surface area contributed by atoms with E-state index in [1.54, 1.807) is 0 Å². The predicted octanol–water partition coefficient (Wildman–Crippen LogP) is 16.5. The summed E-state index contributed by atoms with van der Waals surface area (Å²) >= 11 is 0. The fraction of sp³-hybridized carbons (Fsp3) is 0.0357. The fourth-order valence-electron chi connectivity index (χ4n) is 9.45. The van der Waals surface area contributed by atoms with Crippen molar-refractivity contribution in [2.45, 2.75) is 13.8 Å². The lowest BCUT2D eigenvalue weighted by molar-refractivity contribution is 0.669. The third kappa shape index (κ3) is 5.24. The quantitative estimate of drug-likeness (QED) is 0.158. The van der Waals surface area contributed by atoms with Gasteiger partial charge in [0.05, 0.1) is 22.7 Å². The van der Waals surface area contributed by atoms with Gasteiger partial charge in [0.15, 0.2) is 11.2 Å². The molecule has 2 heterocycles. The second-order valence-corrected chi connectivity index (χ2v) is 15.8. The normalized spacial score (nSPS) is 11.8. The molecule has 0 radical (unpaired) electrons. The molecule has 0 aliphatic rings. The van der Waals surface area contributed by atoms with Gasteiger partial charge in [-0.15, -0.1) is 0 Å². The van der Waals surface area contributed by atoms with Crippen molar-refractivity contribution < 1.29 is 8.83 Å². The van der Waals surface area contributed by atoms with Gasteiger partial charge in [-0.05, 0) is 107 Å². The van der Waals surface area contributed by atoms with Crippen LogP contribution in [-0.4, -0.2) is 0 Å². The zero-order chi connectivity index (χ0) is 39.9. The molecule has 0 amide bonds. The van der Waals surface area contributed by atoms with Crippen molar-refractivity contribution >= 4 is 110 Å². The van der Waals surface area contributed by atoms with E-state index in [2.05, 4.69) is 206 Å². The molecule has 10 aromatic carbocycles. The first-order chi connectivity index (χ1) is 29.6. The molecule has 0 spiro atoms. The zero-order valence-corrected chi connectivity index (χ0v) is 33.2. The van der Waals surface area contributed by atoms with Crippen molar-refractivity contribution in [1.29, 1.82) is 0 Å². The van der Waals surface area contributed by atoms with Crippen molar-refractivity contribution in [3.63, 3.8) is 0 Å². The van der Waals surface area contributed by atoms with E-state index in [9.17, 15) is 0 Å². The number of benzene rings is 10. The Bertz CT molecular complexity index is 3430. The monoisotopic (exact) mass is 770 g/mol. The molecule has 0 saturated heterocycles. The summed E-state index contributed by atoms with van der Waals surface area (Å²) < 4.78 is 13.5. The Balaban J connectivity index is 1.18. The Morgan fingerprint density at radius 3 is 1.08 bits per heavy atom. The molecule has 0 fully saturated rings. The predicted molar refractivity (Wildman–Crippen MR) is 252 cm³/mol. The highest BCUT2D eigenvalue weighted by Crippen LogP contribution is 2.50. The van der Waals surface area contributed by atoms with Crippen LogP contribution in [0.15, 0.2) is 203 Å². The minimum Gasteiger partial charge on any atom is -0.454 e. The maximum Gasteiger partial charge on any atom is 0.159 e. The van der Waals surface area contributed by atoms with Gasteiger partial charge in [0.2, 0.25) is 0 Å². The Labute approximate surface area is 346 Å². The molecule has 0 aliphatic carbocycles. The number of nitrogens with zero attached hydrogens (tertiary/aromatic N) is 2. The number of rotatable bonds is 6. The number of aryl methyl sites for hydroxylation is 2. The first-order valence-corrected chi connectivity index (χ1v) is 20.5. The standard InChI is InChI=1S/C56H38N2O2/c1-35-15-11-17-37(31-35)57(49-27-13-25-45-43-23-7-9-29-53(43)59-55(45)49)51-33-47-40-20-4-6-22-42(40)52(34-48(47)39-19-3-5-21-41(39)51)58(38-18-12-16-36(2)32-38)50-28-14-26-46-44-24-8-10-30-54(44)60-56(46)50/h3-34H,1-2H3. The summed E-state index contributed by atoms with van der Waals surface area (Å²) in [4.78, 5) is 4.78. The van der Waals surface area contributed by atoms with Crippen LogP contribution in [0, 0.1) is 13.8 Å². The number of furan rings is 2. The summed E-state index contributed by atoms with van der Waals surface area (Å²) in [7, 11) is 0. The van der Waals surface area contributed by atoms with Crippen LogP contribution in [-0.2, 0) is 0 Å². The lowest BCUT2D eigenvalue weighted by Crippen LogP contribution is -2.12. The van der Waals surface area contributed by atoms with E-state index in [4.69, 9.17) is 8.83 Å². The summed E-state index contributed by atoms with van der Waals surface area (Å²) in [5.41, 5.74) is 12.1. The van der Waals surface area contributed by atoms with Crippen LogP contribution in [0.1, 0.15) is 11.1 Å². The van der Waals surface area contributed by atoms with Gasteiger partial charge in [-0.1, -0.05) is 133 Å². The maximum absolute atomic E-state index is 6.74. The number of hydrogen-bond donors (Lipinski definition) is 0. The zero-order valence-electron chi connectivity index (χ0n) is 33.2. The Hall–Kier alpha value is -7.82. The minimum atomic E-state index is 0.859. The summed E-state index contributed by atoms with van der Waals surface area (Å²) in [5.74, 6) is 0. The molecule has 0 unspecified atom stereocenters. The van der Waals surface area contributed by atoms with Crippen molar-refractivity contribution in [3.05, 3.63) is 205 Å². The number of fused-ring (bicyclic) bond motifs is 11. The van der Waals surface area contributed by atoms with Gasteiger partial charge in [-0.25, -0.2) is 0 Å². The molecule has 0 N–H and O–H groups in total. The van der Waals surface area contributed by atoms with E-state index in [1.807, 2.05) is 12.1 Å². The van der Waals surface area contributed by atoms with E-state index < -0.39 is 0 Å². The summed E-state index contributed by atoms with van der Waals surface area (Å²) in [6.45, 7) is 4.31. The molecule has 2 aromatic heterocycles. The lowest BCUT2D eigenvalue weighted by Gasteiger charge is -2.30. The van der Waals surface area contributed by atoms with E-state index in [0.29, 0.717) is 0 Å². The molecule has 0 aliphatic heterocycles. The molecule has 0 bridgehead atoms. The fourth-order valence-corrected chi connectivity index (χ4v) is 9.45. The Kier molecular flexibility index (Phi) is 7.63. The molecule has 4 nitrogen and oxygen atoms in total. The molecule has 4 heteroatoms. The molecule has 284 valence electrons. The van der Waals surface area contributed by atoms with Crippen molar-refractivity contribution in [3.8, 4) is 0 Å². The van der Waals surface area contributed by atoms with Crippen molar-refractivity contribution in [2.75, 3.05) is 9.80 Å². The topological polar surface area (TPSA) is 32.8 Å². The highest BCUT2D eigenvalue weighted by atomic mass is 16.3. The largest absolute Gasteiger partial charge is 0.454 e.